The highest BCUT2D eigenvalue weighted by atomic mass is 16.5. The number of benzene rings is 1. The van der Waals surface area contributed by atoms with Crippen molar-refractivity contribution in [3.05, 3.63) is 23.3 Å². The minimum Gasteiger partial charge on any atom is -0.508 e. The van der Waals surface area contributed by atoms with E-state index in [9.17, 15) is 9.90 Å². The maximum atomic E-state index is 12.6. The second-order valence-electron chi connectivity index (χ2n) is 10.3. The SMILES string of the molecule is CCCCCCC(C)(C)c1cc(O)c(C2CC(=O)C3CC2C3(C)C)c(OC)c1. The summed E-state index contributed by atoms with van der Waals surface area (Å²) < 4.78 is 5.76. The lowest BCUT2D eigenvalue weighted by Gasteiger charge is -2.59. The molecule has 0 aromatic heterocycles. The predicted octanol–water partition coefficient (Wildman–Crippen LogP) is 6.37. The van der Waals surface area contributed by atoms with Gasteiger partial charge in [0, 0.05) is 23.8 Å². The van der Waals surface area contributed by atoms with E-state index in [0.717, 1.165) is 29.7 Å². The number of Topliss-reactive ketones (excluding diaryl/α,β-unsaturated/α-hetero) is 1. The summed E-state index contributed by atoms with van der Waals surface area (Å²) in [4.78, 5) is 12.6. The molecule has 1 N–H and O–H groups in total. The Morgan fingerprint density at radius 2 is 1.93 bits per heavy atom. The number of phenols is 1. The molecule has 1 aromatic rings. The van der Waals surface area contributed by atoms with Crippen LogP contribution in [0.5, 0.6) is 11.5 Å². The zero-order chi connectivity index (χ0) is 20.7. The minimum atomic E-state index is -0.0136. The third-order valence-corrected chi connectivity index (χ3v) is 7.79. The molecule has 1 aromatic carbocycles. The Morgan fingerprint density at radius 1 is 1.21 bits per heavy atom. The number of ether oxygens (including phenoxy) is 1. The summed E-state index contributed by atoms with van der Waals surface area (Å²) in [6.45, 7) is 11.1. The zero-order valence-corrected chi connectivity index (χ0v) is 18.6. The van der Waals surface area contributed by atoms with Crippen molar-refractivity contribution in [2.24, 2.45) is 17.3 Å². The third kappa shape index (κ3) is 3.57. The number of rotatable bonds is 8. The Bertz CT molecular complexity index is 732. The van der Waals surface area contributed by atoms with Crippen LogP contribution < -0.4 is 4.74 Å². The van der Waals surface area contributed by atoms with Gasteiger partial charge in [0.1, 0.15) is 17.3 Å². The van der Waals surface area contributed by atoms with Crippen molar-refractivity contribution in [2.75, 3.05) is 7.11 Å². The third-order valence-electron chi connectivity index (χ3n) is 7.79. The molecule has 0 radical (unpaired) electrons. The van der Waals surface area contributed by atoms with Gasteiger partial charge in [-0.2, -0.15) is 0 Å². The van der Waals surface area contributed by atoms with Gasteiger partial charge in [-0.15, -0.1) is 0 Å². The van der Waals surface area contributed by atoms with E-state index in [-0.39, 0.29) is 22.7 Å². The quantitative estimate of drug-likeness (QED) is 0.528. The molecule has 2 bridgehead atoms. The first-order valence-corrected chi connectivity index (χ1v) is 11.1. The fraction of sp³-hybridized carbons (Fsp3) is 0.720. The fourth-order valence-electron chi connectivity index (χ4n) is 5.68. The highest BCUT2D eigenvalue weighted by molar-refractivity contribution is 5.86. The smallest absolute Gasteiger partial charge is 0.137 e. The summed E-state index contributed by atoms with van der Waals surface area (Å²) in [6, 6.07) is 4.04. The van der Waals surface area contributed by atoms with E-state index >= 15 is 0 Å². The van der Waals surface area contributed by atoms with Crippen LogP contribution in [-0.4, -0.2) is 18.0 Å². The van der Waals surface area contributed by atoms with Gasteiger partial charge in [0.2, 0.25) is 0 Å². The average Bonchev–Trinajstić information content (AvgIpc) is 2.63. The van der Waals surface area contributed by atoms with Crippen LogP contribution in [0.2, 0.25) is 0 Å². The topological polar surface area (TPSA) is 46.5 Å². The number of phenolic OH excluding ortho intramolecular Hbond substituents is 1. The zero-order valence-electron chi connectivity index (χ0n) is 18.6. The molecule has 3 unspecified atom stereocenters. The lowest BCUT2D eigenvalue weighted by Crippen LogP contribution is -2.56. The molecule has 3 aliphatic carbocycles. The van der Waals surface area contributed by atoms with Crippen molar-refractivity contribution in [1.29, 1.82) is 0 Å². The maximum absolute atomic E-state index is 12.6. The summed E-state index contributed by atoms with van der Waals surface area (Å²) in [5.41, 5.74) is 1.97. The van der Waals surface area contributed by atoms with E-state index < -0.39 is 0 Å². The Balaban J connectivity index is 1.89. The van der Waals surface area contributed by atoms with Gasteiger partial charge in [0.25, 0.3) is 0 Å². The molecule has 3 atom stereocenters. The Labute approximate surface area is 170 Å². The van der Waals surface area contributed by atoms with Gasteiger partial charge in [-0.25, -0.2) is 0 Å². The van der Waals surface area contributed by atoms with Crippen LogP contribution in [-0.2, 0) is 10.2 Å². The minimum absolute atomic E-state index is 0.0136. The van der Waals surface area contributed by atoms with Crippen LogP contribution in [0.4, 0.5) is 0 Å². The van der Waals surface area contributed by atoms with Crippen LogP contribution in [0.15, 0.2) is 12.1 Å². The summed E-state index contributed by atoms with van der Waals surface area (Å²) in [7, 11) is 1.68. The first kappa shape index (κ1) is 21.2. The highest BCUT2D eigenvalue weighted by Gasteiger charge is 2.59. The van der Waals surface area contributed by atoms with Gasteiger partial charge in [0.05, 0.1) is 7.11 Å². The van der Waals surface area contributed by atoms with Crippen molar-refractivity contribution >= 4 is 5.78 Å². The van der Waals surface area contributed by atoms with Gasteiger partial charge in [-0.05, 0) is 47.3 Å². The molecule has 0 spiro atoms. The summed E-state index contributed by atoms with van der Waals surface area (Å²) in [5, 5.41) is 11.0. The summed E-state index contributed by atoms with van der Waals surface area (Å²) >= 11 is 0. The number of carbonyl (C=O) groups excluding carboxylic acids is 1. The molecule has 28 heavy (non-hydrogen) atoms. The molecule has 0 saturated heterocycles. The highest BCUT2D eigenvalue weighted by Crippen LogP contribution is 2.64. The van der Waals surface area contributed by atoms with Gasteiger partial charge in [-0.3, -0.25) is 4.79 Å². The number of hydrogen-bond donors (Lipinski definition) is 1. The largest absolute Gasteiger partial charge is 0.508 e. The first-order valence-electron chi connectivity index (χ1n) is 11.1. The number of unbranched alkanes of at least 4 members (excludes halogenated alkanes) is 3. The van der Waals surface area contributed by atoms with Crippen molar-refractivity contribution < 1.29 is 14.6 Å². The van der Waals surface area contributed by atoms with Crippen molar-refractivity contribution in [3.63, 3.8) is 0 Å². The molecule has 156 valence electrons. The number of ketones is 1. The Hall–Kier alpha value is -1.51. The van der Waals surface area contributed by atoms with Gasteiger partial charge in [-0.1, -0.05) is 60.3 Å². The number of carbonyl (C=O) groups is 1. The van der Waals surface area contributed by atoms with E-state index in [2.05, 4.69) is 40.7 Å². The van der Waals surface area contributed by atoms with Crippen LogP contribution in [0.1, 0.15) is 96.6 Å². The van der Waals surface area contributed by atoms with Crippen molar-refractivity contribution in [2.45, 2.75) is 90.9 Å². The molecule has 3 aliphatic rings. The number of fused-ring (bicyclic) bond motifs is 2. The molecule has 0 amide bonds. The summed E-state index contributed by atoms with van der Waals surface area (Å²) in [6.07, 6.45) is 7.53. The lowest BCUT2D eigenvalue weighted by molar-refractivity contribution is -0.151. The second kappa shape index (κ2) is 7.72. The molecular formula is C25H38O3. The van der Waals surface area contributed by atoms with Crippen LogP contribution in [0.25, 0.3) is 0 Å². The van der Waals surface area contributed by atoms with Crippen LogP contribution >= 0.6 is 0 Å². The molecule has 0 heterocycles. The van der Waals surface area contributed by atoms with Crippen LogP contribution in [0.3, 0.4) is 0 Å². The average molecular weight is 387 g/mol. The monoisotopic (exact) mass is 386 g/mol. The van der Waals surface area contributed by atoms with E-state index in [1.807, 2.05) is 6.07 Å². The van der Waals surface area contributed by atoms with E-state index in [1.165, 1.54) is 25.7 Å². The number of methoxy groups -OCH3 is 1. The van der Waals surface area contributed by atoms with Gasteiger partial charge in [0.15, 0.2) is 0 Å². The fourth-order valence-corrected chi connectivity index (χ4v) is 5.68. The van der Waals surface area contributed by atoms with E-state index in [4.69, 9.17) is 4.74 Å². The van der Waals surface area contributed by atoms with Crippen LogP contribution in [0, 0.1) is 17.3 Å². The second-order valence-corrected chi connectivity index (χ2v) is 10.3. The van der Waals surface area contributed by atoms with Gasteiger partial charge >= 0.3 is 0 Å². The first-order chi connectivity index (χ1) is 13.1. The standard InChI is InChI=1S/C25H38O3/c1-7-8-9-10-11-24(2,3)16-12-21(27)23(22(13-16)28-6)17-14-20(26)19-15-18(17)25(19,4)5/h12-13,17-19,27H,7-11,14-15H2,1-6H3. The van der Waals surface area contributed by atoms with E-state index in [1.54, 1.807) is 7.11 Å². The molecule has 3 saturated carbocycles. The molecule has 3 fully saturated rings. The van der Waals surface area contributed by atoms with Gasteiger partial charge < -0.3 is 9.84 Å². The lowest BCUT2D eigenvalue weighted by atomic mass is 9.44. The molecular weight excluding hydrogens is 348 g/mol. The normalized spacial score (nSPS) is 26.1. The van der Waals surface area contributed by atoms with Crippen molar-refractivity contribution in [1.82, 2.24) is 0 Å². The predicted molar refractivity (Wildman–Crippen MR) is 114 cm³/mol. The molecule has 4 rings (SSSR count). The summed E-state index contributed by atoms with van der Waals surface area (Å²) in [5.74, 6) is 2.08. The van der Waals surface area contributed by atoms with Crippen molar-refractivity contribution in [3.8, 4) is 11.5 Å². The maximum Gasteiger partial charge on any atom is 0.137 e. The number of aromatic hydroxyl groups is 1. The Kier molecular flexibility index (Phi) is 5.85. The number of hydrogen-bond acceptors (Lipinski definition) is 3. The molecule has 3 nitrogen and oxygen atoms in total. The van der Waals surface area contributed by atoms with E-state index in [0.29, 0.717) is 23.9 Å². The molecule has 3 heteroatoms. The molecule has 0 aliphatic heterocycles. The Morgan fingerprint density at radius 3 is 2.50 bits per heavy atom.